The summed E-state index contributed by atoms with van der Waals surface area (Å²) in [6.45, 7) is 0. The van der Waals surface area contributed by atoms with Gasteiger partial charge in [-0.15, -0.1) is 0 Å². The van der Waals surface area contributed by atoms with Gasteiger partial charge in [-0.3, -0.25) is 0 Å². The first-order chi connectivity index (χ1) is 14.9. The maximum atomic E-state index is 4.53. The van der Waals surface area contributed by atoms with Crippen LogP contribution >= 0.6 is 0 Å². The summed E-state index contributed by atoms with van der Waals surface area (Å²) < 4.78 is 0. The molecule has 6 rings (SSSR count). The van der Waals surface area contributed by atoms with Crippen molar-refractivity contribution in [1.29, 1.82) is 0 Å². The predicted molar refractivity (Wildman–Crippen MR) is 123 cm³/mol. The van der Waals surface area contributed by atoms with E-state index in [9.17, 15) is 0 Å². The van der Waals surface area contributed by atoms with Crippen LogP contribution in [0, 0.1) is 0 Å². The zero-order valence-corrected chi connectivity index (χ0v) is 16.3. The minimum absolute atomic E-state index is 0.928. The van der Waals surface area contributed by atoms with Crippen molar-refractivity contribution in [3.05, 3.63) is 109 Å². The van der Waals surface area contributed by atoms with Gasteiger partial charge in [-0.2, -0.15) is 0 Å². The van der Waals surface area contributed by atoms with Crippen LogP contribution in [-0.4, -0.2) is 19.9 Å². The fourth-order valence-electron chi connectivity index (χ4n) is 3.37. The van der Waals surface area contributed by atoms with Crippen LogP contribution in [0.15, 0.2) is 109 Å². The van der Waals surface area contributed by atoms with Crippen molar-refractivity contribution in [2.24, 2.45) is 0 Å². The number of hydrogen-bond donors (Lipinski definition) is 2. The summed E-state index contributed by atoms with van der Waals surface area (Å²) >= 11 is 0. The molecule has 2 N–H and O–H groups in total. The number of H-pyrrole nitrogens is 2. The second kappa shape index (κ2) is 8.05. The highest BCUT2D eigenvalue weighted by Gasteiger charge is 2.03. The molecule has 0 saturated heterocycles. The highest BCUT2D eigenvalue weighted by molar-refractivity contribution is 5.80. The van der Waals surface area contributed by atoms with Crippen LogP contribution in [0.4, 0.5) is 0 Å². The first-order valence-corrected chi connectivity index (χ1v) is 9.87. The number of rotatable bonds is 2. The summed E-state index contributed by atoms with van der Waals surface area (Å²) in [7, 11) is 0. The molecule has 0 fully saturated rings. The normalized spacial score (nSPS) is 10.7. The molecule has 0 unspecified atom stereocenters. The van der Waals surface area contributed by atoms with Crippen LogP contribution < -0.4 is 0 Å². The van der Waals surface area contributed by atoms with Gasteiger partial charge in [0, 0.05) is 11.1 Å². The van der Waals surface area contributed by atoms with Gasteiger partial charge in [0.2, 0.25) is 0 Å². The van der Waals surface area contributed by atoms with Gasteiger partial charge in [-0.05, 0) is 24.3 Å². The molecular weight excluding hydrogens is 368 g/mol. The van der Waals surface area contributed by atoms with Crippen molar-refractivity contribution in [3.8, 4) is 22.8 Å². The maximum Gasteiger partial charge on any atom is 0.138 e. The van der Waals surface area contributed by atoms with E-state index in [2.05, 4.69) is 44.2 Å². The summed E-state index contributed by atoms with van der Waals surface area (Å²) in [4.78, 5) is 15.7. The zero-order valence-electron chi connectivity index (χ0n) is 16.3. The van der Waals surface area contributed by atoms with Gasteiger partial charge in [0.25, 0.3) is 0 Å². The molecule has 2 heterocycles. The molecule has 4 heteroatoms. The first kappa shape index (κ1) is 17.9. The molecule has 4 nitrogen and oxygen atoms in total. The lowest BCUT2D eigenvalue weighted by Crippen LogP contribution is -1.77. The number of benzene rings is 4. The van der Waals surface area contributed by atoms with E-state index in [1.807, 2.05) is 84.9 Å². The second-order valence-electron chi connectivity index (χ2n) is 6.94. The molecule has 2 aromatic heterocycles. The van der Waals surface area contributed by atoms with E-state index in [1.165, 1.54) is 0 Å². The van der Waals surface area contributed by atoms with Crippen molar-refractivity contribution < 1.29 is 0 Å². The molecule has 0 aliphatic carbocycles. The minimum atomic E-state index is 0.928. The Morgan fingerprint density at radius 3 is 1.17 bits per heavy atom. The number of imidazole rings is 2. The summed E-state index contributed by atoms with van der Waals surface area (Å²) in [6.07, 6.45) is 0. The van der Waals surface area contributed by atoms with Gasteiger partial charge in [0.15, 0.2) is 0 Å². The SMILES string of the molecule is c1ccc(-c2nc3ccccc3[nH]2)cc1.c1ccc(-c2nc3ccccc3[nH]2)cc1. The molecule has 0 bridgehead atoms. The number of nitrogens with zero attached hydrogens (tertiary/aromatic N) is 2. The molecule has 0 spiro atoms. The Hall–Kier alpha value is -4.18. The third-order valence-electron chi connectivity index (χ3n) is 4.87. The van der Waals surface area contributed by atoms with Crippen molar-refractivity contribution in [1.82, 2.24) is 19.9 Å². The van der Waals surface area contributed by atoms with Gasteiger partial charge < -0.3 is 9.97 Å². The number of aromatic nitrogens is 4. The molecule has 4 aromatic carbocycles. The van der Waals surface area contributed by atoms with E-state index in [1.54, 1.807) is 0 Å². The van der Waals surface area contributed by atoms with E-state index in [0.29, 0.717) is 0 Å². The lowest BCUT2D eigenvalue weighted by molar-refractivity contribution is 1.34. The smallest absolute Gasteiger partial charge is 0.138 e. The van der Waals surface area contributed by atoms with E-state index >= 15 is 0 Å². The topological polar surface area (TPSA) is 57.4 Å². The van der Waals surface area contributed by atoms with Crippen molar-refractivity contribution >= 4 is 22.1 Å². The fraction of sp³-hybridized carbons (Fsp3) is 0. The lowest BCUT2D eigenvalue weighted by Gasteiger charge is -1.93. The van der Waals surface area contributed by atoms with E-state index in [4.69, 9.17) is 0 Å². The van der Waals surface area contributed by atoms with Crippen molar-refractivity contribution in [3.63, 3.8) is 0 Å². The number of aromatic amines is 2. The van der Waals surface area contributed by atoms with E-state index in [0.717, 1.165) is 44.8 Å². The molecule has 144 valence electrons. The van der Waals surface area contributed by atoms with Crippen molar-refractivity contribution in [2.45, 2.75) is 0 Å². The van der Waals surface area contributed by atoms with E-state index < -0.39 is 0 Å². The minimum Gasteiger partial charge on any atom is -0.338 e. The highest BCUT2D eigenvalue weighted by Crippen LogP contribution is 2.20. The second-order valence-corrected chi connectivity index (χ2v) is 6.94. The van der Waals surface area contributed by atoms with Crippen molar-refractivity contribution in [2.75, 3.05) is 0 Å². The third-order valence-corrected chi connectivity index (χ3v) is 4.87. The maximum absolute atomic E-state index is 4.53. The summed E-state index contributed by atoms with van der Waals surface area (Å²) in [6, 6.07) is 36.4. The zero-order chi connectivity index (χ0) is 20.2. The highest BCUT2D eigenvalue weighted by atomic mass is 14.9. The number of para-hydroxylation sites is 4. The Labute approximate surface area is 174 Å². The van der Waals surface area contributed by atoms with Gasteiger partial charge in [-0.1, -0.05) is 84.9 Å². The molecule has 0 saturated carbocycles. The molecule has 6 aromatic rings. The predicted octanol–water partition coefficient (Wildman–Crippen LogP) is 6.46. The molecule has 0 aliphatic rings. The average Bonchev–Trinajstić information content (AvgIpc) is 3.45. The number of hydrogen-bond acceptors (Lipinski definition) is 2. The average molecular weight is 388 g/mol. The standard InChI is InChI=1S/2C13H10N2/c2*1-2-6-10(7-3-1)13-14-11-8-4-5-9-12(11)15-13/h2*1-9H,(H,14,15). The monoisotopic (exact) mass is 388 g/mol. The lowest BCUT2D eigenvalue weighted by atomic mass is 10.2. The summed E-state index contributed by atoms with van der Waals surface area (Å²) in [5, 5.41) is 0. The first-order valence-electron chi connectivity index (χ1n) is 9.87. The summed E-state index contributed by atoms with van der Waals surface area (Å²) in [5.74, 6) is 1.86. The molecule has 0 atom stereocenters. The van der Waals surface area contributed by atoms with Crippen LogP contribution in [0.2, 0.25) is 0 Å². The van der Waals surface area contributed by atoms with Crippen LogP contribution in [0.3, 0.4) is 0 Å². The van der Waals surface area contributed by atoms with Crippen LogP contribution in [0.5, 0.6) is 0 Å². The summed E-state index contributed by atoms with van der Waals surface area (Å²) in [5.41, 5.74) is 6.42. The third kappa shape index (κ3) is 3.71. The quantitative estimate of drug-likeness (QED) is 0.358. The van der Waals surface area contributed by atoms with Crippen LogP contribution in [0.25, 0.3) is 44.8 Å². The van der Waals surface area contributed by atoms with Crippen LogP contribution in [0.1, 0.15) is 0 Å². The Kier molecular flexibility index (Phi) is 4.80. The Morgan fingerprint density at radius 2 is 0.767 bits per heavy atom. The number of nitrogens with one attached hydrogen (secondary N) is 2. The number of fused-ring (bicyclic) bond motifs is 2. The van der Waals surface area contributed by atoms with Gasteiger partial charge >= 0.3 is 0 Å². The Morgan fingerprint density at radius 1 is 0.400 bits per heavy atom. The van der Waals surface area contributed by atoms with Gasteiger partial charge in [0.05, 0.1) is 22.1 Å². The largest absolute Gasteiger partial charge is 0.338 e. The van der Waals surface area contributed by atoms with Crippen LogP contribution in [-0.2, 0) is 0 Å². The van der Waals surface area contributed by atoms with E-state index in [-0.39, 0.29) is 0 Å². The Balaban J connectivity index is 0.000000128. The molecule has 30 heavy (non-hydrogen) atoms. The molecule has 0 amide bonds. The molecule has 0 aliphatic heterocycles. The fourth-order valence-corrected chi connectivity index (χ4v) is 3.37. The van der Waals surface area contributed by atoms with Gasteiger partial charge in [0.1, 0.15) is 11.6 Å². The Bertz CT molecular complexity index is 1210. The molecular formula is C26H20N4. The van der Waals surface area contributed by atoms with Gasteiger partial charge in [-0.25, -0.2) is 9.97 Å². The molecule has 0 radical (unpaired) electrons.